The van der Waals surface area contributed by atoms with E-state index in [1.54, 1.807) is 0 Å². The second-order valence-electron chi connectivity index (χ2n) is 16.0. The van der Waals surface area contributed by atoms with E-state index >= 15 is 0 Å². The molecule has 2 aliphatic rings. The number of pyridine rings is 1. The van der Waals surface area contributed by atoms with Gasteiger partial charge in [-0.05, 0) is 115 Å². The molecule has 0 amide bonds. The number of H-pyrrole nitrogens is 2. The summed E-state index contributed by atoms with van der Waals surface area (Å²) >= 11 is 0. The number of ether oxygens (including phenoxy) is 1. The van der Waals surface area contributed by atoms with E-state index in [2.05, 4.69) is 210 Å². The fraction of sp³-hybridized carbons (Fsp3) is 0.125. The van der Waals surface area contributed by atoms with Gasteiger partial charge in [0.25, 0.3) is 0 Å². The van der Waals surface area contributed by atoms with E-state index in [9.17, 15) is 0 Å². The maximum absolute atomic E-state index is 6.28. The van der Waals surface area contributed by atoms with Crippen LogP contribution in [0.25, 0.3) is 90.9 Å². The van der Waals surface area contributed by atoms with Crippen molar-refractivity contribution in [2.24, 2.45) is 0 Å². The van der Waals surface area contributed by atoms with Crippen LogP contribution in [0, 0.1) is 6.92 Å². The largest absolute Gasteiger partial charge is 1.00 e. The van der Waals surface area contributed by atoms with Crippen LogP contribution in [0.5, 0.6) is 5.75 Å². The molecule has 0 aliphatic carbocycles. The van der Waals surface area contributed by atoms with Gasteiger partial charge in [-0.25, -0.2) is 14.5 Å². The van der Waals surface area contributed by atoms with Crippen LogP contribution < -0.4 is 26.3 Å². The molecule has 4 aromatic carbocycles. The molecule has 4 aromatic heterocycles. The van der Waals surface area contributed by atoms with Gasteiger partial charge in [-0.3, -0.25) is 0 Å². The Balaban J connectivity index is 0.00000504. The van der Waals surface area contributed by atoms with Gasteiger partial charge in [-0.2, -0.15) is 0 Å². The Morgan fingerprint density at radius 1 is 0.444 bits per heavy atom. The average molecular weight is 887 g/mol. The lowest BCUT2D eigenvalue weighted by atomic mass is 10.0. The number of aryl methyl sites for hydroxylation is 2. The zero-order valence-corrected chi connectivity index (χ0v) is 36.9. The molecule has 63 heavy (non-hydrogen) atoms. The fourth-order valence-electron chi connectivity index (χ4n) is 8.68. The molecule has 0 radical (unpaired) electrons. The monoisotopic (exact) mass is 885 g/mol. The first-order valence-electron chi connectivity index (χ1n) is 21.7. The number of nitrogens with one attached hydrogen (secondary N) is 2. The van der Waals surface area contributed by atoms with E-state index in [1.807, 2.05) is 0 Å². The highest BCUT2D eigenvalue weighted by molar-refractivity contribution is 5.99. The fourth-order valence-corrected chi connectivity index (χ4v) is 8.68. The second-order valence-corrected chi connectivity index (χ2v) is 16.0. The van der Waals surface area contributed by atoms with Crippen LogP contribution >= 0.6 is 0 Å². The number of unbranched alkanes of at least 4 members (excludes halogenated alkanes) is 3. The predicted molar refractivity (Wildman–Crippen MR) is 256 cm³/mol. The molecule has 0 saturated heterocycles. The normalized spacial score (nSPS) is 11.7. The van der Waals surface area contributed by atoms with Crippen LogP contribution in [0.1, 0.15) is 54.0 Å². The first-order chi connectivity index (χ1) is 30.6. The molecule has 2 N–H and O–H groups in total. The highest BCUT2D eigenvalue weighted by Crippen LogP contribution is 2.38. The van der Waals surface area contributed by atoms with Crippen molar-refractivity contribution in [1.82, 2.24) is 19.9 Å². The van der Waals surface area contributed by atoms with Gasteiger partial charge >= 0.3 is 0 Å². The molecule has 0 atom stereocenters. The Morgan fingerprint density at radius 3 is 1.29 bits per heavy atom. The Labute approximate surface area is 379 Å². The summed E-state index contributed by atoms with van der Waals surface area (Å²) in [6, 6.07) is 53.0. The molecule has 6 heterocycles. The minimum absolute atomic E-state index is 0. The zero-order valence-electron chi connectivity index (χ0n) is 35.3. The van der Waals surface area contributed by atoms with Gasteiger partial charge in [0, 0.05) is 62.4 Å². The summed E-state index contributed by atoms with van der Waals surface area (Å²) in [6.07, 6.45) is 17.5. The van der Waals surface area contributed by atoms with Crippen molar-refractivity contribution in [2.75, 3.05) is 6.61 Å². The van der Waals surface area contributed by atoms with Crippen molar-refractivity contribution in [3.63, 3.8) is 0 Å². The molecule has 310 valence electrons. The summed E-state index contributed by atoms with van der Waals surface area (Å²) < 4.78 is 8.56. The summed E-state index contributed by atoms with van der Waals surface area (Å²) in [5, 5.41) is 0. The van der Waals surface area contributed by atoms with E-state index < -0.39 is 0 Å². The molecular formula is C56H48BrN5O. The molecule has 0 saturated carbocycles. The molecular weight excluding hydrogens is 839 g/mol. The summed E-state index contributed by atoms with van der Waals surface area (Å²) in [5.41, 5.74) is 17.2. The molecule has 2 aliphatic heterocycles. The summed E-state index contributed by atoms with van der Waals surface area (Å²) in [4.78, 5) is 18.5. The minimum Gasteiger partial charge on any atom is -1.00 e. The number of hydrogen-bond acceptors (Lipinski definition) is 3. The van der Waals surface area contributed by atoms with Crippen LogP contribution in [0.3, 0.4) is 0 Å². The van der Waals surface area contributed by atoms with Crippen LogP contribution in [0.15, 0.2) is 164 Å². The third-order valence-corrected chi connectivity index (χ3v) is 11.7. The van der Waals surface area contributed by atoms with E-state index in [-0.39, 0.29) is 17.0 Å². The van der Waals surface area contributed by atoms with Gasteiger partial charge in [-0.15, -0.1) is 0 Å². The predicted octanol–water partition coefficient (Wildman–Crippen LogP) is 10.6. The lowest BCUT2D eigenvalue weighted by Crippen LogP contribution is -3.00. The van der Waals surface area contributed by atoms with E-state index in [0.717, 1.165) is 114 Å². The maximum atomic E-state index is 6.28. The topological polar surface area (TPSA) is 70.5 Å². The Hall–Kier alpha value is -7.09. The van der Waals surface area contributed by atoms with Gasteiger partial charge < -0.3 is 31.7 Å². The number of halogens is 1. The van der Waals surface area contributed by atoms with Crippen molar-refractivity contribution in [3.8, 4) is 50.3 Å². The van der Waals surface area contributed by atoms with Crippen molar-refractivity contribution in [3.05, 3.63) is 192 Å². The molecule has 6 nitrogen and oxygen atoms in total. The van der Waals surface area contributed by atoms with E-state index in [4.69, 9.17) is 14.7 Å². The van der Waals surface area contributed by atoms with Crippen molar-refractivity contribution in [1.29, 1.82) is 0 Å². The van der Waals surface area contributed by atoms with Crippen molar-refractivity contribution >= 4 is 46.4 Å². The van der Waals surface area contributed by atoms with Crippen LogP contribution in [-0.2, 0) is 6.54 Å². The summed E-state index contributed by atoms with van der Waals surface area (Å²) in [7, 11) is 0. The highest BCUT2D eigenvalue weighted by Gasteiger charge is 2.19. The number of hydrogen-bond donors (Lipinski definition) is 2. The highest BCUT2D eigenvalue weighted by atomic mass is 79.9. The van der Waals surface area contributed by atoms with Gasteiger partial charge in [0.1, 0.15) is 12.3 Å². The number of rotatable bonds is 12. The molecule has 0 fully saturated rings. The van der Waals surface area contributed by atoms with Crippen LogP contribution in [0.4, 0.5) is 0 Å². The summed E-state index contributed by atoms with van der Waals surface area (Å²) in [5.74, 6) is 0.868. The molecule has 8 aromatic rings. The number of aromatic nitrogens is 5. The standard InChI is InChI=1S/C56H48N5O.BrH/c1-39-16-15-36-61(38-39)35-13-2-3-14-37-62-44-25-23-43(24-26-44)56-51-33-31-49(59-51)54(41-19-9-5-10-20-41)47-29-27-45(57-47)53(40-17-7-4-8-18-40)46-28-30-48(58-46)55(42-21-11-6-12-22-42)50-32-34-52(56)60-50;/h4-12,15-34,36,38,57,60H,2-3,13-14,35,37H2,1H3;1H/q+1;/p-1. The van der Waals surface area contributed by atoms with Crippen molar-refractivity contribution in [2.45, 2.75) is 39.2 Å². The van der Waals surface area contributed by atoms with Gasteiger partial charge in [0.05, 0.1) is 29.4 Å². The lowest BCUT2D eigenvalue weighted by Gasteiger charge is -2.09. The summed E-state index contributed by atoms with van der Waals surface area (Å²) in [6.45, 7) is 3.89. The first-order valence-corrected chi connectivity index (χ1v) is 21.7. The van der Waals surface area contributed by atoms with Crippen LogP contribution in [-0.4, -0.2) is 26.5 Å². The first kappa shape index (κ1) is 41.3. The van der Waals surface area contributed by atoms with E-state index in [0.29, 0.717) is 6.61 Å². The third kappa shape index (κ3) is 8.97. The molecule has 8 bridgehead atoms. The maximum Gasteiger partial charge on any atom is 0.171 e. The Morgan fingerprint density at radius 2 is 0.857 bits per heavy atom. The quantitative estimate of drug-likeness (QED) is 0.0949. The molecule has 0 unspecified atom stereocenters. The smallest absolute Gasteiger partial charge is 0.171 e. The lowest BCUT2D eigenvalue weighted by molar-refractivity contribution is -0.697. The SMILES string of the molecule is Cc1ccc[n+](CCCCCCOc2ccc(-c3c4nc(c(-c5ccccc5)c5ccc([nH]5)c(-c5ccccc5)c5nc(c(-c6ccccc6)c6ccc3[nH]6)C=C5)C=C4)cc2)c1.[Br-]. The zero-order chi connectivity index (χ0) is 41.7. The number of aromatic amines is 2. The van der Waals surface area contributed by atoms with Crippen molar-refractivity contribution < 1.29 is 26.3 Å². The third-order valence-electron chi connectivity index (χ3n) is 11.7. The number of nitrogens with zero attached hydrogens (tertiary/aromatic N) is 3. The molecule has 10 rings (SSSR count). The molecule has 7 heteroatoms. The molecule has 0 spiro atoms. The van der Waals surface area contributed by atoms with Gasteiger partial charge in [-0.1, -0.05) is 103 Å². The number of benzene rings is 4. The van der Waals surface area contributed by atoms with Gasteiger partial charge in [0.2, 0.25) is 0 Å². The van der Waals surface area contributed by atoms with Gasteiger partial charge in [0.15, 0.2) is 12.4 Å². The Bertz CT molecular complexity index is 3060. The number of fused-ring (bicyclic) bond motifs is 8. The minimum atomic E-state index is 0. The van der Waals surface area contributed by atoms with Crippen LogP contribution in [0.2, 0.25) is 0 Å². The average Bonchev–Trinajstić information content (AvgIpc) is 4.16. The second kappa shape index (κ2) is 18.9. The van der Waals surface area contributed by atoms with E-state index in [1.165, 1.54) is 18.4 Å². The Kier molecular flexibility index (Phi) is 12.4.